The number of nitrogens with zero attached hydrogens (tertiary/aromatic N) is 1. The smallest absolute Gasteiger partial charge is 0.191 e. The highest BCUT2D eigenvalue weighted by molar-refractivity contribution is 5.80. The highest BCUT2D eigenvalue weighted by Crippen LogP contribution is 2.35. The lowest BCUT2D eigenvalue weighted by Crippen LogP contribution is -2.39. The molecule has 0 heterocycles. The van der Waals surface area contributed by atoms with E-state index in [-0.39, 0.29) is 0 Å². The first-order chi connectivity index (χ1) is 11.1. The third kappa shape index (κ3) is 4.43. The highest BCUT2D eigenvalue weighted by Gasteiger charge is 2.33. The Morgan fingerprint density at radius 3 is 2.26 bits per heavy atom. The number of nitrogens with one attached hydrogen (secondary N) is 2. The number of hydrogen-bond acceptors (Lipinski definition) is 4. The van der Waals surface area contributed by atoms with Crippen LogP contribution in [-0.4, -0.2) is 39.9 Å². The van der Waals surface area contributed by atoms with Gasteiger partial charge in [0.1, 0.15) is 5.75 Å². The molecule has 0 aromatic heterocycles. The van der Waals surface area contributed by atoms with Crippen LogP contribution in [0.3, 0.4) is 0 Å². The minimum atomic E-state index is 0.500. The maximum atomic E-state index is 5.44. The van der Waals surface area contributed by atoms with Crippen LogP contribution in [0.15, 0.2) is 17.1 Å². The average molecular weight is 321 g/mol. The summed E-state index contributed by atoms with van der Waals surface area (Å²) in [5.41, 5.74) is 0.950. The highest BCUT2D eigenvalue weighted by atomic mass is 16.5. The summed E-state index contributed by atoms with van der Waals surface area (Å²) in [6.07, 6.45) is 1.20. The van der Waals surface area contributed by atoms with Gasteiger partial charge in [0.05, 0.1) is 27.9 Å². The quantitative estimate of drug-likeness (QED) is 0.595. The Morgan fingerprint density at radius 2 is 1.74 bits per heavy atom. The van der Waals surface area contributed by atoms with Crippen LogP contribution in [0.1, 0.15) is 25.8 Å². The molecule has 0 amide bonds. The van der Waals surface area contributed by atoms with Gasteiger partial charge in [-0.3, -0.25) is 0 Å². The van der Waals surface area contributed by atoms with E-state index < -0.39 is 0 Å². The van der Waals surface area contributed by atoms with E-state index in [2.05, 4.69) is 29.5 Å². The third-order valence-corrected chi connectivity index (χ3v) is 3.97. The zero-order valence-corrected chi connectivity index (χ0v) is 14.6. The second-order valence-electron chi connectivity index (χ2n) is 5.68. The molecular weight excluding hydrogens is 294 g/mol. The van der Waals surface area contributed by atoms with Gasteiger partial charge in [-0.15, -0.1) is 0 Å². The largest absolute Gasteiger partial charge is 0.496 e. The first-order valence-corrected chi connectivity index (χ1v) is 7.96. The molecule has 0 radical (unpaired) electrons. The van der Waals surface area contributed by atoms with E-state index in [1.807, 2.05) is 12.1 Å². The van der Waals surface area contributed by atoms with Crippen LogP contribution in [0.25, 0.3) is 0 Å². The Morgan fingerprint density at radius 1 is 1.13 bits per heavy atom. The van der Waals surface area contributed by atoms with Gasteiger partial charge in [-0.25, -0.2) is 4.99 Å². The molecule has 6 heteroatoms. The fraction of sp³-hybridized carbons (Fsp3) is 0.588. The molecule has 128 valence electrons. The summed E-state index contributed by atoms with van der Waals surface area (Å²) < 4.78 is 16.1. The zero-order chi connectivity index (χ0) is 16.8. The van der Waals surface area contributed by atoms with Crippen molar-refractivity contribution in [3.05, 3.63) is 17.7 Å². The third-order valence-electron chi connectivity index (χ3n) is 3.97. The number of hydrogen-bond donors (Lipinski definition) is 2. The van der Waals surface area contributed by atoms with Gasteiger partial charge in [-0.05, 0) is 25.3 Å². The predicted octanol–water partition coefficient (Wildman–Crippen LogP) is 2.18. The maximum absolute atomic E-state index is 5.44. The first-order valence-electron chi connectivity index (χ1n) is 7.96. The van der Waals surface area contributed by atoms with Crippen LogP contribution in [0.2, 0.25) is 0 Å². The number of guanidine groups is 1. The summed E-state index contributed by atoms with van der Waals surface area (Å²) in [6.45, 7) is 5.62. The van der Waals surface area contributed by atoms with Crippen molar-refractivity contribution < 1.29 is 14.2 Å². The second kappa shape index (κ2) is 7.94. The second-order valence-corrected chi connectivity index (χ2v) is 5.68. The summed E-state index contributed by atoms with van der Waals surface area (Å²) in [5, 5.41) is 6.72. The van der Waals surface area contributed by atoms with E-state index in [0.717, 1.165) is 29.7 Å². The van der Waals surface area contributed by atoms with Crippen molar-refractivity contribution in [3.63, 3.8) is 0 Å². The summed E-state index contributed by atoms with van der Waals surface area (Å²) in [6, 6.07) is 4.26. The van der Waals surface area contributed by atoms with E-state index >= 15 is 0 Å². The van der Waals surface area contributed by atoms with Crippen LogP contribution < -0.4 is 24.8 Å². The van der Waals surface area contributed by atoms with Crippen LogP contribution in [0, 0.1) is 5.92 Å². The van der Waals surface area contributed by atoms with Gasteiger partial charge < -0.3 is 24.8 Å². The van der Waals surface area contributed by atoms with Gasteiger partial charge in [0.15, 0.2) is 17.5 Å². The fourth-order valence-electron chi connectivity index (χ4n) is 2.40. The molecule has 0 bridgehead atoms. The molecule has 1 fully saturated rings. The summed E-state index contributed by atoms with van der Waals surface area (Å²) in [4.78, 5) is 4.66. The molecule has 2 atom stereocenters. The number of benzene rings is 1. The van der Waals surface area contributed by atoms with E-state index in [0.29, 0.717) is 24.1 Å². The van der Waals surface area contributed by atoms with Crippen molar-refractivity contribution in [2.45, 2.75) is 32.9 Å². The Balaban J connectivity index is 2.17. The van der Waals surface area contributed by atoms with E-state index in [1.165, 1.54) is 6.42 Å². The summed E-state index contributed by atoms with van der Waals surface area (Å²) in [7, 11) is 4.88. The van der Waals surface area contributed by atoms with Gasteiger partial charge in [0.2, 0.25) is 0 Å². The number of aliphatic imine (C=N–C) groups is 1. The minimum absolute atomic E-state index is 0.500. The number of rotatable bonds is 7. The van der Waals surface area contributed by atoms with Crippen molar-refractivity contribution in [1.29, 1.82) is 0 Å². The minimum Gasteiger partial charge on any atom is -0.496 e. The molecule has 0 spiro atoms. The molecule has 1 saturated carbocycles. The van der Waals surface area contributed by atoms with Crippen molar-refractivity contribution >= 4 is 5.96 Å². The molecule has 0 aliphatic heterocycles. The number of ether oxygens (including phenoxy) is 3. The lowest BCUT2D eigenvalue weighted by molar-refractivity contribution is 0.347. The van der Waals surface area contributed by atoms with Crippen LogP contribution in [0.4, 0.5) is 0 Å². The Kier molecular flexibility index (Phi) is 5.96. The SMILES string of the molecule is CCNC(=NCc1cc(OC)c(OC)cc1OC)NC1CC1C. The van der Waals surface area contributed by atoms with Crippen molar-refractivity contribution in [2.24, 2.45) is 10.9 Å². The topological polar surface area (TPSA) is 64.1 Å². The van der Waals surface area contributed by atoms with E-state index in [9.17, 15) is 0 Å². The van der Waals surface area contributed by atoms with Gasteiger partial charge in [-0.2, -0.15) is 0 Å². The van der Waals surface area contributed by atoms with E-state index in [4.69, 9.17) is 14.2 Å². The molecule has 2 unspecified atom stereocenters. The normalized spacial score (nSPS) is 20.0. The molecule has 6 nitrogen and oxygen atoms in total. The average Bonchev–Trinajstić information content (AvgIpc) is 3.26. The van der Waals surface area contributed by atoms with Crippen LogP contribution in [-0.2, 0) is 6.54 Å². The monoisotopic (exact) mass is 321 g/mol. The molecular formula is C17H27N3O3. The van der Waals surface area contributed by atoms with Crippen LogP contribution >= 0.6 is 0 Å². The molecule has 23 heavy (non-hydrogen) atoms. The Labute approximate surface area is 138 Å². The Bertz CT molecular complexity index is 560. The lowest BCUT2D eigenvalue weighted by Gasteiger charge is -2.14. The standard InChI is InChI=1S/C17H27N3O3/c1-6-18-17(20-13-7-11(13)2)19-10-12-8-15(22-4)16(23-5)9-14(12)21-3/h8-9,11,13H,6-7,10H2,1-5H3,(H2,18,19,20). The molecule has 1 aromatic rings. The molecule has 2 N–H and O–H groups in total. The Hall–Kier alpha value is -2.11. The maximum Gasteiger partial charge on any atom is 0.191 e. The van der Waals surface area contributed by atoms with Gasteiger partial charge in [-0.1, -0.05) is 6.92 Å². The molecule has 0 saturated heterocycles. The van der Waals surface area contributed by atoms with Gasteiger partial charge in [0.25, 0.3) is 0 Å². The number of methoxy groups -OCH3 is 3. The van der Waals surface area contributed by atoms with Crippen molar-refractivity contribution in [1.82, 2.24) is 10.6 Å². The van der Waals surface area contributed by atoms with Gasteiger partial charge in [0, 0.05) is 24.2 Å². The zero-order valence-electron chi connectivity index (χ0n) is 14.6. The summed E-state index contributed by atoms with van der Waals surface area (Å²) >= 11 is 0. The van der Waals surface area contributed by atoms with Gasteiger partial charge >= 0.3 is 0 Å². The molecule has 1 aromatic carbocycles. The molecule has 2 rings (SSSR count). The van der Waals surface area contributed by atoms with Crippen LogP contribution in [0.5, 0.6) is 17.2 Å². The van der Waals surface area contributed by atoms with Crippen molar-refractivity contribution in [3.8, 4) is 17.2 Å². The first kappa shape index (κ1) is 17.2. The van der Waals surface area contributed by atoms with E-state index in [1.54, 1.807) is 21.3 Å². The predicted molar refractivity (Wildman–Crippen MR) is 91.6 cm³/mol. The lowest BCUT2D eigenvalue weighted by atomic mass is 10.1. The summed E-state index contributed by atoms with van der Waals surface area (Å²) in [5.74, 6) is 3.61. The molecule has 1 aliphatic rings. The van der Waals surface area contributed by atoms with Crippen molar-refractivity contribution in [2.75, 3.05) is 27.9 Å². The molecule has 1 aliphatic carbocycles. The fourth-order valence-corrected chi connectivity index (χ4v) is 2.40.